The molecule has 0 radical (unpaired) electrons. The fourth-order valence-electron chi connectivity index (χ4n) is 1.91. The molecule has 1 heterocycles. The first kappa shape index (κ1) is 11.7. The summed E-state index contributed by atoms with van der Waals surface area (Å²) in [4.78, 5) is 0. The summed E-state index contributed by atoms with van der Waals surface area (Å²) in [7, 11) is 0. The highest BCUT2D eigenvalue weighted by Gasteiger charge is 2.28. The summed E-state index contributed by atoms with van der Waals surface area (Å²) in [5.74, 6) is 0. The highest BCUT2D eigenvalue weighted by atomic mass is 79.9. The second-order valence-corrected chi connectivity index (χ2v) is 4.68. The van der Waals surface area contributed by atoms with Gasteiger partial charge in [-0.05, 0) is 17.7 Å². The van der Waals surface area contributed by atoms with E-state index in [-0.39, 0.29) is 6.17 Å². The van der Waals surface area contributed by atoms with Crippen molar-refractivity contribution >= 4 is 21.8 Å². The first-order chi connectivity index (χ1) is 8.84. The monoisotopic (exact) mass is 304 g/mol. The van der Waals surface area contributed by atoms with E-state index in [2.05, 4.69) is 39.1 Å². The molecule has 92 valence electrons. The summed E-state index contributed by atoms with van der Waals surface area (Å²) in [5.41, 5.74) is 8.89. The highest BCUT2D eigenvalue weighted by Crippen LogP contribution is 2.24. The van der Waals surface area contributed by atoms with E-state index >= 15 is 0 Å². The molecule has 1 aliphatic rings. The maximum Gasteiger partial charge on any atom is 0.118 e. The zero-order chi connectivity index (χ0) is 12.4. The molecular formula is C13H13BrN4. The molecule has 4 nitrogen and oxygen atoms in total. The minimum Gasteiger partial charge on any atom is -0.213 e. The number of halogens is 1. The van der Waals surface area contributed by atoms with Crippen LogP contribution in [0.15, 0.2) is 60.7 Å². The fraction of sp³-hybridized carbons (Fsp3) is 0.0769. The molecule has 5 heteroatoms. The van der Waals surface area contributed by atoms with Crippen LogP contribution in [0.25, 0.3) is 0 Å². The Hall–Kier alpha value is -1.40. The van der Waals surface area contributed by atoms with Crippen molar-refractivity contribution in [2.45, 2.75) is 6.17 Å². The van der Waals surface area contributed by atoms with Crippen LogP contribution in [0.2, 0.25) is 0 Å². The van der Waals surface area contributed by atoms with Gasteiger partial charge in [0.1, 0.15) is 6.17 Å². The zero-order valence-corrected chi connectivity index (χ0v) is 11.2. The molecule has 0 spiro atoms. The van der Waals surface area contributed by atoms with E-state index in [1.807, 2.05) is 53.6 Å². The molecule has 2 aromatic rings. The molecule has 18 heavy (non-hydrogen) atoms. The van der Waals surface area contributed by atoms with Gasteiger partial charge in [0.2, 0.25) is 0 Å². The number of nitrogens with one attached hydrogen (secondary N) is 2. The molecule has 1 unspecified atom stereocenters. The van der Waals surface area contributed by atoms with E-state index in [0.29, 0.717) is 0 Å². The number of para-hydroxylation sites is 1. The second kappa shape index (κ2) is 5.07. The van der Waals surface area contributed by atoms with Crippen LogP contribution in [0.3, 0.4) is 0 Å². The van der Waals surface area contributed by atoms with Crippen LogP contribution in [-0.2, 0) is 0 Å². The van der Waals surface area contributed by atoms with Crippen molar-refractivity contribution in [2.75, 3.05) is 5.12 Å². The van der Waals surface area contributed by atoms with Gasteiger partial charge in [0, 0.05) is 0 Å². The van der Waals surface area contributed by atoms with Crippen LogP contribution in [0.1, 0.15) is 11.7 Å². The van der Waals surface area contributed by atoms with E-state index in [1.165, 1.54) is 5.56 Å². The maximum atomic E-state index is 3.46. The Balaban J connectivity index is 1.81. The summed E-state index contributed by atoms with van der Waals surface area (Å²) in [6.45, 7) is 0. The summed E-state index contributed by atoms with van der Waals surface area (Å²) in [5, 5.41) is 1.91. The van der Waals surface area contributed by atoms with E-state index in [0.717, 1.165) is 5.69 Å². The minimum atomic E-state index is 0.0470. The quantitative estimate of drug-likeness (QED) is 0.835. The zero-order valence-electron chi connectivity index (χ0n) is 9.62. The molecule has 0 bridgehead atoms. The van der Waals surface area contributed by atoms with Crippen LogP contribution >= 0.6 is 16.1 Å². The number of anilines is 1. The largest absolute Gasteiger partial charge is 0.213 e. The molecule has 0 aromatic heterocycles. The van der Waals surface area contributed by atoms with E-state index in [9.17, 15) is 0 Å². The van der Waals surface area contributed by atoms with Gasteiger partial charge in [0.15, 0.2) is 0 Å². The Morgan fingerprint density at radius 1 is 0.833 bits per heavy atom. The Kier molecular flexibility index (Phi) is 3.29. The lowest BCUT2D eigenvalue weighted by Crippen LogP contribution is -2.38. The van der Waals surface area contributed by atoms with E-state index < -0.39 is 0 Å². The average Bonchev–Trinajstić information content (AvgIpc) is 2.83. The van der Waals surface area contributed by atoms with Crippen LogP contribution < -0.4 is 16.0 Å². The van der Waals surface area contributed by atoms with Crippen molar-refractivity contribution < 1.29 is 0 Å². The van der Waals surface area contributed by atoms with Gasteiger partial charge in [-0.2, -0.15) is 5.43 Å². The smallest absolute Gasteiger partial charge is 0.118 e. The topological polar surface area (TPSA) is 30.5 Å². The SMILES string of the molecule is BrN1NC(c2ccccc2)NN1c1ccccc1. The lowest BCUT2D eigenvalue weighted by Gasteiger charge is -2.21. The Morgan fingerprint density at radius 2 is 1.44 bits per heavy atom. The van der Waals surface area contributed by atoms with Crippen molar-refractivity contribution in [3.63, 3.8) is 0 Å². The molecule has 3 rings (SSSR count). The molecule has 0 amide bonds. The van der Waals surface area contributed by atoms with Gasteiger partial charge in [0.25, 0.3) is 0 Å². The van der Waals surface area contributed by atoms with Crippen LogP contribution in [0.4, 0.5) is 5.69 Å². The summed E-state index contributed by atoms with van der Waals surface area (Å²) in [6, 6.07) is 20.3. The predicted molar refractivity (Wildman–Crippen MR) is 75.1 cm³/mol. The molecular weight excluding hydrogens is 292 g/mol. The van der Waals surface area contributed by atoms with Crippen molar-refractivity contribution in [3.05, 3.63) is 66.2 Å². The van der Waals surface area contributed by atoms with Crippen molar-refractivity contribution in [3.8, 4) is 0 Å². The molecule has 1 atom stereocenters. The second-order valence-electron chi connectivity index (χ2n) is 4.01. The van der Waals surface area contributed by atoms with Gasteiger partial charge >= 0.3 is 0 Å². The third-order valence-electron chi connectivity index (χ3n) is 2.80. The fourth-order valence-corrected chi connectivity index (χ4v) is 2.39. The van der Waals surface area contributed by atoms with Gasteiger partial charge in [-0.15, -0.1) is 0 Å². The van der Waals surface area contributed by atoms with Gasteiger partial charge < -0.3 is 0 Å². The summed E-state index contributed by atoms with van der Waals surface area (Å²) in [6.07, 6.45) is 0.0470. The lowest BCUT2D eigenvalue weighted by molar-refractivity contribution is 0.412. The number of benzene rings is 2. The van der Waals surface area contributed by atoms with E-state index in [4.69, 9.17) is 0 Å². The van der Waals surface area contributed by atoms with Crippen molar-refractivity contribution in [1.82, 2.24) is 15.0 Å². The normalized spacial score (nSPS) is 20.3. The minimum absolute atomic E-state index is 0.0470. The summed E-state index contributed by atoms with van der Waals surface area (Å²) < 4.78 is 1.76. The van der Waals surface area contributed by atoms with Crippen LogP contribution in [-0.4, -0.2) is 4.14 Å². The number of hydrazine groups is 3. The van der Waals surface area contributed by atoms with Gasteiger partial charge in [-0.1, -0.05) is 52.7 Å². The number of rotatable bonds is 2. The molecule has 2 aromatic carbocycles. The standard InChI is InChI=1S/C13H13BrN4/c14-18-16-13(11-7-3-1-4-8-11)15-17(18)12-9-5-2-6-10-12/h1-10,13,15-16H. The van der Waals surface area contributed by atoms with Gasteiger partial charge in [-0.3, -0.25) is 0 Å². The predicted octanol–water partition coefficient (Wildman–Crippen LogP) is 2.74. The van der Waals surface area contributed by atoms with Crippen molar-refractivity contribution in [1.29, 1.82) is 0 Å². The Labute approximate surface area is 114 Å². The van der Waals surface area contributed by atoms with Crippen LogP contribution in [0.5, 0.6) is 0 Å². The summed E-state index contributed by atoms with van der Waals surface area (Å²) >= 11 is 3.46. The lowest BCUT2D eigenvalue weighted by atomic mass is 10.2. The number of hydrogen-bond acceptors (Lipinski definition) is 4. The molecule has 0 aliphatic carbocycles. The van der Waals surface area contributed by atoms with Crippen LogP contribution in [0, 0.1) is 0 Å². The Bertz CT molecular complexity index is 505. The number of nitrogens with zero attached hydrogens (tertiary/aromatic N) is 2. The molecule has 0 saturated carbocycles. The number of hydrogen-bond donors (Lipinski definition) is 2. The first-order valence-corrected chi connectivity index (χ1v) is 6.44. The van der Waals surface area contributed by atoms with Gasteiger partial charge in [-0.25, -0.2) is 10.5 Å². The third kappa shape index (κ3) is 2.26. The highest BCUT2D eigenvalue weighted by molar-refractivity contribution is 9.07. The third-order valence-corrected chi connectivity index (χ3v) is 3.32. The van der Waals surface area contributed by atoms with Gasteiger partial charge in [0.05, 0.1) is 21.8 Å². The van der Waals surface area contributed by atoms with E-state index in [1.54, 1.807) is 4.14 Å². The molecule has 2 N–H and O–H groups in total. The molecule has 1 saturated heterocycles. The maximum absolute atomic E-state index is 3.46. The van der Waals surface area contributed by atoms with Crippen molar-refractivity contribution in [2.24, 2.45) is 0 Å². The molecule has 1 fully saturated rings. The average molecular weight is 305 g/mol. The first-order valence-electron chi connectivity index (χ1n) is 5.73. The molecule has 1 aliphatic heterocycles. The Morgan fingerprint density at radius 3 is 2.11 bits per heavy atom.